The molecule has 0 aliphatic carbocycles. The number of benzene rings is 2. The Morgan fingerprint density at radius 2 is 1.85 bits per heavy atom. The summed E-state index contributed by atoms with van der Waals surface area (Å²) in [7, 11) is 0. The third kappa shape index (κ3) is 4.58. The molecule has 0 heterocycles. The average molecular weight is 357 g/mol. The van der Waals surface area contributed by atoms with E-state index in [0.717, 1.165) is 12.0 Å². The summed E-state index contributed by atoms with van der Waals surface area (Å²) in [5.74, 6) is 0.295. The first-order valence-electron chi connectivity index (χ1n) is 6.46. The highest BCUT2D eigenvalue weighted by atomic mass is 79.9. The number of halogens is 3. The van der Waals surface area contributed by atoms with Crippen LogP contribution in [0.2, 0.25) is 0 Å². The third-order valence-corrected chi connectivity index (χ3v) is 4.07. The number of hydrogen-bond acceptors (Lipinski definition) is 1. The lowest BCUT2D eigenvalue weighted by molar-refractivity contribution is 0.548. The molecule has 0 bridgehead atoms. The van der Waals surface area contributed by atoms with Crippen molar-refractivity contribution in [3.05, 3.63) is 69.9 Å². The molecule has 0 saturated heterocycles. The Morgan fingerprint density at radius 3 is 2.50 bits per heavy atom. The Balaban J connectivity index is 1.92. The molecule has 2 aromatic rings. The van der Waals surface area contributed by atoms with Crippen molar-refractivity contribution in [2.75, 3.05) is 5.88 Å². The highest BCUT2D eigenvalue weighted by Crippen LogP contribution is 2.17. The summed E-state index contributed by atoms with van der Waals surface area (Å²) in [5.41, 5.74) is 2.28. The summed E-state index contributed by atoms with van der Waals surface area (Å²) in [5, 5.41) is 3.41. The van der Waals surface area contributed by atoms with E-state index in [-0.39, 0.29) is 11.9 Å². The summed E-state index contributed by atoms with van der Waals surface area (Å²) >= 11 is 9.20. The van der Waals surface area contributed by atoms with Crippen molar-refractivity contribution in [3.8, 4) is 0 Å². The SMILES string of the molecule is Fc1ccc(CNC(CCl)Cc2ccccc2)cc1Br. The van der Waals surface area contributed by atoms with Gasteiger partial charge in [-0.15, -0.1) is 11.6 Å². The van der Waals surface area contributed by atoms with Crippen LogP contribution in [0.1, 0.15) is 11.1 Å². The second kappa shape index (κ2) is 7.77. The van der Waals surface area contributed by atoms with Gasteiger partial charge in [0.15, 0.2) is 0 Å². The van der Waals surface area contributed by atoms with Gasteiger partial charge in [0.25, 0.3) is 0 Å². The predicted octanol–water partition coefficient (Wildman–Crippen LogP) is 4.53. The molecule has 0 fully saturated rings. The van der Waals surface area contributed by atoms with Crippen molar-refractivity contribution in [3.63, 3.8) is 0 Å². The van der Waals surface area contributed by atoms with Gasteiger partial charge in [-0.2, -0.15) is 0 Å². The summed E-state index contributed by atoms with van der Waals surface area (Å²) in [6.45, 7) is 0.670. The topological polar surface area (TPSA) is 12.0 Å². The Kier molecular flexibility index (Phi) is 6.02. The molecular formula is C16H16BrClFN. The van der Waals surface area contributed by atoms with Gasteiger partial charge in [0.1, 0.15) is 5.82 Å². The van der Waals surface area contributed by atoms with E-state index in [2.05, 4.69) is 33.4 Å². The van der Waals surface area contributed by atoms with E-state index >= 15 is 0 Å². The van der Waals surface area contributed by atoms with E-state index in [4.69, 9.17) is 11.6 Å². The fraction of sp³-hybridized carbons (Fsp3) is 0.250. The van der Waals surface area contributed by atoms with E-state index in [1.807, 2.05) is 18.2 Å². The molecule has 106 valence electrons. The van der Waals surface area contributed by atoms with Crippen LogP contribution in [0.4, 0.5) is 4.39 Å². The minimum Gasteiger partial charge on any atom is -0.308 e. The molecule has 2 rings (SSSR count). The van der Waals surface area contributed by atoms with Crippen LogP contribution in [0, 0.1) is 5.82 Å². The monoisotopic (exact) mass is 355 g/mol. The van der Waals surface area contributed by atoms with Crippen molar-refractivity contribution in [1.29, 1.82) is 0 Å². The highest BCUT2D eigenvalue weighted by Gasteiger charge is 2.08. The molecule has 1 N–H and O–H groups in total. The van der Waals surface area contributed by atoms with E-state index in [0.29, 0.717) is 16.9 Å². The van der Waals surface area contributed by atoms with E-state index < -0.39 is 0 Å². The highest BCUT2D eigenvalue weighted by molar-refractivity contribution is 9.10. The van der Waals surface area contributed by atoms with Gasteiger partial charge >= 0.3 is 0 Å². The van der Waals surface area contributed by atoms with Crippen LogP contribution in [0.5, 0.6) is 0 Å². The molecule has 2 aromatic carbocycles. The minimum atomic E-state index is -0.244. The van der Waals surface area contributed by atoms with Crippen LogP contribution in [0.25, 0.3) is 0 Å². The standard InChI is InChI=1S/C16H16BrClFN/c17-15-9-13(6-7-16(15)19)11-20-14(10-18)8-12-4-2-1-3-5-12/h1-7,9,14,20H,8,10-11H2. The lowest BCUT2D eigenvalue weighted by Crippen LogP contribution is -2.32. The second-order valence-corrected chi connectivity index (χ2v) is 5.83. The second-order valence-electron chi connectivity index (χ2n) is 4.67. The smallest absolute Gasteiger partial charge is 0.137 e. The van der Waals surface area contributed by atoms with Gasteiger partial charge in [-0.05, 0) is 45.6 Å². The molecule has 0 spiro atoms. The van der Waals surface area contributed by atoms with Crippen LogP contribution in [-0.4, -0.2) is 11.9 Å². The summed E-state index contributed by atoms with van der Waals surface area (Å²) in [6, 6.07) is 15.5. The maximum Gasteiger partial charge on any atom is 0.137 e. The van der Waals surface area contributed by atoms with E-state index in [1.165, 1.54) is 11.6 Å². The van der Waals surface area contributed by atoms with Crippen molar-refractivity contribution in [2.24, 2.45) is 0 Å². The molecule has 1 nitrogen and oxygen atoms in total. The van der Waals surface area contributed by atoms with Crippen molar-refractivity contribution < 1.29 is 4.39 Å². The van der Waals surface area contributed by atoms with E-state index in [1.54, 1.807) is 12.1 Å². The summed E-state index contributed by atoms with van der Waals surface area (Å²) in [6.07, 6.45) is 0.882. The first-order valence-corrected chi connectivity index (χ1v) is 7.79. The van der Waals surface area contributed by atoms with Gasteiger partial charge in [-0.25, -0.2) is 4.39 Å². The maximum absolute atomic E-state index is 13.2. The zero-order valence-electron chi connectivity index (χ0n) is 11.0. The zero-order chi connectivity index (χ0) is 14.4. The Labute approximate surface area is 132 Å². The molecule has 0 aromatic heterocycles. The number of rotatable bonds is 6. The Hall–Kier alpha value is -0.900. The minimum absolute atomic E-state index is 0.197. The molecule has 0 saturated carbocycles. The number of hydrogen-bond donors (Lipinski definition) is 1. The van der Waals surface area contributed by atoms with Crippen LogP contribution in [0.15, 0.2) is 53.0 Å². The number of alkyl halides is 1. The summed E-state index contributed by atoms with van der Waals surface area (Å²) < 4.78 is 13.7. The fourth-order valence-electron chi connectivity index (χ4n) is 1.99. The molecule has 0 radical (unpaired) electrons. The molecule has 4 heteroatoms. The zero-order valence-corrected chi connectivity index (χ0v) is 13.3. The molecule has 20 heavy (non-hydrogen) atoms. The largest absolute Gasteiger partial charge is 0.308 e. The van der Waals surface area contributed by atoms with Gasteiger partial charge in [0.05, 0.1) is 4.47 Å². The van der Waals surface area contributed by atoms with Crippen LogP contribution in [-0.2, 0) is 13.0 Å². The molecular weight excluding hydrogens is 341 g/mol. The Morgan fingerprint density at radius 1 is 1.10 bits per heavy atom. The molecule has 0 aliphatic heterocycles. The van der Waals surface area contributed by atoms with Gasteiger partial charge in [-0.3, -0.25) is 0 Å². The quantitative estimate of drug-likeness (QED) is 0.750. The van der Waals surface area contributed by atoms with E-state index in [9.17, 15) is 4.39 Å². The maximum atomic E-state index is 13.2. The van der Waals surface area contributed by atoms with Crippen molar-refractivity contribution >= 4 is 27.5 Å². The Bertz CT molecular complexity index is 547. The molecule has 1 unspecified atom stereocenters. The molecule has 0 amide bonds. The lowest BCUT2D eigenvalue weighted by Gasteiger charge is -2.16. The van der Waals surface area contributed by atoms with Gasteiger partial charge in [0.2, 0.25) is 0 Å². The van der Waals surface area contributed by atoms with Crippen LogP contribution < -0.4 is 5.32 Å². The van der Waals surface area contributed by atoms with Crippen molar-refractivity contribution in [2.45, 2.75) is 19.0 Å². The number of nitrogens with one attached hydrogen (secondary N) is 1. The van der Waals surface area contributed by atoms with Gasteiger partial charge in [0, 0.05) is 18.5 Å². The first-order chi connectivity index (χ1) is 9.69. The normalized spacial score (nSPS) is 12.3. The first kappa shape index (κ1) is 15.5. The van der Waals surface area contributed by atoms with Crippen LogP contribution >= 0.6 is 27.5 Å². The molecule has 0 aliphatic rings. The van der Waals surface area contributed by atoms with Gasteiger partial charge in [-0.1, -0.05) is 36.4 Å². The van der Waals surface area contributed by atoms with Crippen molar-refractivity contribution in [1.82, 2.24) is 5.32 Å². The molecule has 1 atom stereocenters. The van der Waals surface area contributed by atoms with Crippen LogP contribution in [0.3, 0.4) is 0 Å². The fourth-order valence-corrected chi connectivity index (χ4v) is 2.64. The predicted molar refractivity (Wildman–Crippen MR) is 85.6 cm³/mol. The lowest BCUT2D eigenvalue weighted by atomic mass is 10.1. The average Bonchev–Trinajstić information content (AvgIpc) is 2.48. The summed E-state index contributed by atoms with van der Waals surface area (Å²) in [4.78, 5) is 0. The van der Waals surface area contributed by atoms with Gasteiger partial charge < -0.3 is 5.32 Å². The third-order valence-electron chi connectivity index (χ3n) is 3.09.